The summed E-state index contributed by atoms with van der Waals surface area (Å²) in [5.74, 6) is 0. The molecule has 4 rings (SSSR count). The van der Waals surface area contributed by atoms with Gasteiger partial charge in [-0.2, -0.15) is 0 Å². The SMILES string of the molecule is CSc1ncnc2c1ncn2[C@@H]1OC2COP(=O)(O)OC2[C@H]1O. The Hall–Kier alpha value is -1.07. The molecule has 0 radical (unpaired) electrons. The third kappa shape index (κ3) is 2.49. The minimum Gasteiger partial charge on any atom is -0.386 e. The Balaban J connectivity index is 1.71. The van der Waals surface area contributed by atoms with Crippen LogP contribution in [0.25, 0.3) is 11.2 Å². The maximum atomic E-state index is 11.5. The van der Waals surface area contributed by atoms with Gasteiger partial charge in [-0.3, -0.25) is 13.6 Å². The predicted molar refractivity (Wildman–Crippen MR) is 77.7 cm³/mol. The van der Waals surface area contributed by atoms with E-state index in [9.17, 15) is 14.6 Å². The van der Waals surface area contributed by atoms with Crippen molar-refractivity contribution in [3.05, 3.63) is 12.7 Å². The molecular weight excluding hydrogens is 347 g/mol. The minimum atomic E-state index is -4.15. The van der Waals surface area contributed by atoms with Crippen LogP contribution >= 0.6 is 19.6 Å². The molecule has 0 saturated carbocycles. The van der Waals surface area contributed by atoms with Crippen molar-refractivity contribution < 1.29 is 28.3 Å². The van der Waals surface area contributed by atoms with Gasteiger partial charge in [0.2, 0.25) is 0 Å². The molecule has 2 saturated heterocycles. The second-order valence-electron chi connectivity index (χ2n) is 5.10. The number of phosphoric acid groups is 1. The van der Waals surface area contributed by atoms with Crippen LogP contribution in [0.4, 0.5) is 0 Å². The van der Waals surface area contributed by atoms with Crippen molar-refractivity contribution in [2.24, 2.45) is 0 Å². The number of hydrogen-bond donors (Lipinski definition) is 2. The number of imidazole rings is 1. The first-order valence-corrected chi connectivity index (χ1v) is 9.43. The Morgan fingerprint density at radius 2 is 2.26 bits per heavy atom. The molecule has 23 heavy (non-hydrogen) atoms. The van der Waals surface area contributed by atoms with E-state index in [1.807, 2.05) is 6.26 Å². The fraction of sp³-hybridized carbons (Fsp3) is 0.545. The summed E-state index contributed by atoms with van der Waals surface area (Å²) in [6.07, 6.45) is 1.16. The lowest BCUT2D eigenvalue weighted by Gasteiger charge is -2.27. The van der Waals surface area contributed by atoms with Crippen molar-refractivity contribution in [1.82, 2.24) is 19.5 Å². The number of hydrogen-bond acceptors (Lipinski definition) is 9. The molecule has 2 aromatic heterocycles. The molecule has 3 unspecified atom stereocenters. The summed E-state index contributed by atoms with van der Waals surface area (Å²) < 4.78 is 28.4. The van der Waals surface area contributed by atoms with Gasteiger partial charge in [0.1, 0.15) is 35.2 Å². The maximum Gasteiger partial charge on any atom is 0.472 e. The van der Waals surface area contributed by atoms with Crippen molar-refractivity contribution in [3.8, 4) is 0 Å². The van der Waals surface area contributed by atoms with Crippen molar-refractivity contribution in [2.75, 3.05) is 12.9 Å². The molecule has 4 heterocycles. The molecule has 12 heteroatoms. The van der Waals surface area contributed by atoms with Gasteiger partial charge in [-0.1, -0.05) is 0 Å². The Morgan fingerprint density at radius 3 is 3.04 bits per heavy atom. The zero-order chi connectivity index (χ0) is 16.2. The molecule has 0 amide bonds. The third-order valence-electron chi connectivity index (χ3n) is 3.76. The topological polar surface area (TPSA) is 129 Å². The molecule has 2 fully saturated rings. The van der Waals surface area contributed by atoms with Crippen molar-refractivity contribution in [3.63, 3.8) is 0 Å². The lowest BCUT2D eigenvalue weighted by Crippen LogP contribution is -2.39. The summed E-state index contributed by atoms with van der Waals surface area (Å²) in [5, 5.41) is 11.1. The van der Waals surface area contributed by atoms with E-state index < -0.39 is 32.4 Å². The van der Waals surface area contributed by atoms with Gasteiger partial charge in [0.15, 0.2) is 11.9 Å². The lowest BCUT2D eigenvalue weighted by atomic mass is 10.1. The second-order valence-corrected chi connectivity index (χ2v) is 7.30. The first-order valence-electron chi connectivity index (χ1n) is 6.71. The number of nitrogens with zero attached hydrogens (tertiary/aromatic N) is 4. The van der Waals surface area contributed by atoms with E-state index in [2.05, 4.69) is 15.0 Å². The largest absolute Gasteiger partial charge is 0.472 e. The highest BCUT2D eigenvalue weighted by molar-refractivity contribution is 7.98. The van der Waals surface area contributed by atoms with Crippen LogP contribution in [0.3, 0.4) is 0 Å². The van der Waals surface area contributed by atoms with Gasteiger partial charge in [0.25, 0.3) is 0 Å². The van der Waals surface area contributed by atoms with Gasteiger partial charge >= 0.3 is 7.82 Å². The van der Waals surface area contributed by atoms with E-state index in [0.29, 0.717) is 16.2 Å². The van der Waals surface area contributed by atoms with Gasteiger partial charge in [0, 0.05) is 0 Å². The van der Waals surface area contributed by atoms with Crippen LogP contribution in [0.15, 0.2) is 17.7 Å². The minimum absolute atomic E-state index is 0.135. The smallest absolute Gasteiger partial charge is 0.386 e. The molecule has 0 aromatic carbocycles. The maximum absolute atomic E-state index is 11.5. The molecule has 0 bridgehead atoms. The second kappa shape index (κ2) is 5.49. The first-order chi connectivity index (χ1) is 11.0. The van der Waals surface area contributed by atoms with Crippen LogP contribution in [0, 0.1) is 0 Å². The number of aliphatic hydroxyl groups excluding tert-OH is 1. The first kappa shape index (κ1) is 15.5. The van der Waals surface area contributed by atoms with Gasteiger partial charge in [-0.25, -0.2) is 19.5 Å². The molecule has 5 atom stereocenters. The zero-order valence-electron chi connectivity index (χ0n) is 11.8. The van der Waals surface area contributed by atoms with Crippen molar-refractivity contribution >= 4 is 30.7 Å². The van der Waals surface area contributed by atoms with Gasteiger partial charge in [0.05, 0.1) is 12.9 Å². The van der Waals surface area contributed by atoms with Gasteiger partial charge < -0.3 is 14.7 Å². The molecular formula is C11H13N4O6PS. The highest BCUT2D eigenvalue weighted by Crippen LogP contribution is 2.52. The Kier molecular flexibility index (Phi) is 3.69. The summed E-state index contributed by atoms with van der Waals surface area (Å²) in [6.45, 7) is -0.135. The summed E-state index contributed by atoms with van der Waals surface area (Å²) >= 11 is 1.43. The summed E-state index contributed by atoms with van der Waals surface area (Å²) in [7, 11) is -4.15. The van der Waals surface area contributed by atoms with E-state index in [4.69, 9.17) is 13.8 Å². The fourth-order valence-electron chi connectivity index (χ4n) is 2.73. The summed E-state index contributed by atoms with van der Waals surface area (Å²) in [6, 6.07) is 0. The average molecular weight is 360 g/mol. The lowest BCUT2D eigenvalue weighted by molar-refractivity contribution is -0.0664. The Labute approximate surface area is 134 Å². The molecule has 2 aromatic rings. The Morgan fingerprint density at radius 1 is 1.43 bits per heavy atom. The molecule has 0 aliphatic carbocycles. The average Bonchev–Trinajstić information content (AvgIpc) is 3.08. The number of aliphatic hydroxyl groups is 1. The zero-order valence-corrected chi connectivity index (χ0v) is 13.6. The van der Waals surface area contributed by atoms with E-state index >= 15 is 0 Å². The molecule has 2 N–H and O–H groups in total. The van der Waals surface area contributed by atoms with Crippen LogP contribution in [0.2, 0.25) is 0 Å². The number of aromatic nitrogens is 4. The third-order valence-corrected chi connectivity index (χ3v) is 5.43. The van der Waals surface area contributed by atoms with Crippen LogP contribution in [0.1, 0.15) is 6.23 Å². The molecule has 2 aliphatic rings. The molecule has 0 spiro atoms. The summed E-state index contributed by atoms with van der Waals surface area (Å²) in [4.78, 5) is 22.0. The molecule has 2 aliphatic heterocycles. The monoisotopic (exact) mass is 360 g/mol. The normalized spacial score (nSPS) is 37.2. The number of ether oxygens (including phenoxy) is 1. The van der Waals surface area contributed by atoms with Crippen LogP contribution in [-0.2, 0) is 18.3 Å². The van der Waals surface area contributed by atoms with Gasteiger partial charge in [-0.15, -0.1) is 11.8 Å². The van der Waals surface area contributed by atoms with Crippen LogP contribution in [-0.4, -0.2) is 60.7 Å². The van der Waals surface area contributed by atoms with Crippen molar-refractivity contribution in [2.45, 2.75) is 29.6 Å². The van der Waals surface area contributed by atoms with E-state index in [1.54, 1.807) is 4.57 Å². The van der Waals surface area contributed by atoms with Crippen molar-refractivity contribution in [1.29, 1.82) is 0 Å². The Bertz CT molecular complexity index is 802. The van der Waals surface area contributed by atoms with Crippen LogP contribution in [0.5, 0.6) is 0 Å². The fourth-order valence-corrected chi connectivity index (χ4v) is 4.19. The number of phosphoric ester groups is 1. The van der Waals surface area contributed by atoms with Crippen LogP contribution < -0.4 is 0 Å². The van der Waals surface area contributed by atoms with E-state index in [0.717, 1.165) is 0 Å². The highest BCUT2D eigenvalue weighted by Gasteiger charge is 2.52. The molecule has 10 nitrogen and oxygen atoms in total. The number of rotatable bonds is 2. The quantitative estimate of drug-likeness (QED) is 0.439. The number of fused-ring (bicyclic) bond motifs is 2. The summed E-state index contributed by atoms with van der Waals surface area (Å²) in [5.41, 5.74) is 1.09. The van der Waals surface area contributed by atoms with E-state index in [1.165, 1.54) is 24.4 Å². The standard InChI is InChI=1S/C11H13N4O6PS/c1-23-10-6-9(12-3-13-10)15(4-14-6)11-7(16)8-5(20-11)2-19-22(17,18)21-8/h3-5,7-8,11,16H,2H2,1H3,(H,17,18)/t5?,7-,8?,11-/m1/s1. The highest BCUT2D eigenvalue weighted by atomic mass is 32.2. The van der Waals surface area contributed by atoms with Gasteiger partial charge in [-0.05, 0) is 6.26 Å². The molecule has 124 valence electrons. The van der Waals surface area contributed by atoms with E-state index in [-0.39, 0.29) is 6.61 Å². The predicted octanol–water partition coefficient (Wildman–Crippen LogP) is 0.322. The number of thioether (sulfide) groups is 1.